The van der Waals surface area contributed by atoms with Crippen LogP contribution in [0.1, 0.15) is 32.1 Å². The van der Waals surface area contributed by atoms with E-state index in [0.717, 1.165) is 39.0 Å². The van der Waals surface area contributed by atoms with Gasteiger partial charge in [-0.2, -0.15) is 11.8 Å². The maximum absolute atomic E-state index is 11.8. The predicted molar refractivity (Wildman–Crippen MR) is 76.8 cm³/mol. The number of carbonyl (C=O) groups excluding carboxylic acids is 1. The molecule has 18 heavy (non-hydrogen) atoms. The first-order valence-electron chi connectivity index (χ1n) is 7.04. The van der Waals surface area contributed by atoms with Crippen LogP contribution in [0.4, 0.5) is 0 Å². The van der Waals surface area contributed by atoms with Crippen LogP contribution in [0.3, 0.4) is 0 Å². The molecule has 4 nitrogen and oxygen atoms in total. The summed E-state index contributed by atoms with van der Waals surface area (Å²) in [6.07, 6.45) is 4.86. The van der Waals surface area contributed by atoms with Crippen LogP contribution in [0.15, 0.2) is 0 Å². The monoisotopic (exact) mass is 271 g/mol. The van der Waals surface area contributed by atoms with Crippen molar-refractivity contribution in [3.63, 3.8) is 0 Å². The topological polar surface area (TPSA) is 58.4 Å². The van der Waals surface area contributed by atoms with Crippen molar-refractivity contribution < 1.29 is 4.79 Å². The molecule has 104 valence electrons. The van der Waals surface area contributed by atoms with Crippen molar-refractivity contribution in [1.29, 1.82) is 0 Å². The van der Waals surface area contributed by atoms with E-state index in [2.05, 4.69) is 10.2 Å². The van der Waals surface area contributed by atoms with Crippen molar-refractivity contribution in [2.75, 3.05) is 37.7 Å². The molecule has 2 aliphatic rings. The molecule has 1 saturated heterocycles. The van der Waals surface area contributed by atoms with E-state index >= 15 is 0 Å². The molecular weight excluding hydrogens is 246 g/mol. The van der Waals surface area contributed by atoms with Gasteiger partial charge in [-0.1, -0.05) is 12.8 Å². The number of amides is 1. The van der Waals surface area contributed by atoms with Crippen LogP contribution < -0.4 is 11.1 Å². The third-order valence-corrected chi connectivity index (χ3v) is 4.91. The molecule has 2 rings (SSSR count). The fourth-order valence-corrected chi connectivity index (χ4v) is 3.80. The van der Waals surface area contributed by atoms with Crippen LogP contribution in [0.25, 0.3) is 0 Å². The molecule has 0 radical (unpaired) electrons. The van der Waals surface area contributed by atoms with Gasteiger partial charge in [-0.25, -0.2) is 0 Å². The van der Waals surface area contributed by atoms with Crippen molar-refractivity contribution in [3.8, 4) is 0 Å². The van der Waals surface area contributed by atoms with Gasteiger partial charge in [0.05, 0.1) is 0 Å². The molecule has 1 saturated carbocycles. The molecule has 2 fully saturated rings. The Labute approximate surface area is 114 Å². The fourth-order valence-electron chi connectivity index (χ4n) is 2.82. The maximum Gasteiger partial charge on any atom is 0.221 e. The Morgan fingerprint density at radius 1 is 1.28 bits per heavy atom. The lowest BCUT2D eigenvalue weighted by atomic mass is 9.94. The number of hydrogen-bond acceptors (Lipinski definition) is 4. The van der Waals surface area contributed by atoms with Crippen molar-refractivity contribution in [1.82, 2.24) is 10.2 Å². The minimum atomic E-state index is -0.216. The Morgan fingerprint density at radius 2 is 1.94 bits per heavy atom. The molecule has 0 aromatic carbocycles. The van der Waals surface area contributed by atoms with E-state index in [1.807, 2.05) is 11.8 Å². The molecule has 1 heterocycles. The number of thioether (sulfide) groups is 1. The molecule has 3 N–H and O–H groups in total. The largest absolute Gasteiger partial charge is 0.355 e. The van der Waals surface area contributed by atoms with Crippen molar-refractivity contribution in [2.24, 2.45) is 5.73 Å². The maximum atomic E-state index is 11.8. The van der Waals surface area contributed by atoms with Crippen LogP contribution in [0, 0.1) is 0 Å². The van der Waals surface area contributed by atoms with Gasteiger partial charge in [-0.05, 0) is 12.8 Å². The van der Waals surface area contributed by atoms with E-state index in [4.69, 9.17) is 5.73 Å². The number of nitrogens with one attached hydrogen (secondary N) is 1. The third-order valence-electron chi connectivity index (χ3n) is 3.97. The van der Waals surface area contributed by atoms with E-state index in [1.165, 1.54) is 24.3 Å². The molecule has 5 heteroatoms. The van der Waals surface area contributed by atoms with Gasteiger partial charge in [0.25, 0.3) is 0 Å². The van der Waals surface area contributed by atoms with Gasteiger partial charge < -0.3 is 11.1 Å². The van der Waals surface area contributed by atoms with Crippen LogP contribution in [-0.2, 0) is 4.79 Å². The van der Waals surface area contributed by atoms with Gasteiger partial charge in [0.2, 0.25) is 5.91 Å². The first-order chi connectivity index (χ1) is 8.68. The number of hydrogen-bond donors (Lipinski definition) is 2. The van der Waals surface area contributed by atoms with Crippen LogP contribution in [0.2, 0.25) is 0 Å². The minimum absolute atomic E-state index is 0.130. The van der Waals surface area contributed by atoms with Gasteiger partial charge in [0, 0.05) is 49.6 Å². The minimum Gasteiger partial charge on any atom is -0.355 e. The Bertz CT molecular complexity index is 273. The van der Waals surface area contributed by atoms with Crippen LogP contribution in [0.5, 0.6) is 0 Å². The number of carbonyl (C=O) groups is 1. The lowest BCUT2D eigenvalue weighted by molar-refractivity contribution is -0.122. The standard InChI is InChI=1S/C13H25N3OS/c14-13(3-1-2-4-13)11-12(17)15-5-6-16-7-9-18-10-8-16/h1-11,14H2,(H,15,17). The van der Waals surface area contributed by atoms with Gasteiger partial charge in [-0.15, -0.1) is 0 Å². The highest BCUT2D eigenvalue weighted by molar-refractivity contribution is 7.99. The average molecular weight is 271 g/mol. The Hall–Kier alpha value is -0.260. The average Bonchev–Trinajstić information content (AvgIpc) is 2.77. The lowest BCUT2D eigenvalue weighted by Gasteiger charge is -2.26. The SMILES string of the molecule is NC1(CC(=O)NCCN2CCSCC2)CCCC1. The highest BCUT2D eigenvalue weighted by atomic mass is 32.2. The van der Waals surface area contributed by atoms with E-state index in [-0.39, 0.29) is 11.4 Å². The molecule has 0 aromatic heterocycles. The number of rotatable bonds is 5. The number of nitrogens with two attached hydrogens (primary N) is 1. The van der Waals surface area contributed by atoms with Crippen molar-refractivity contribution >= 4 is 17.7 Å². The fraction of sp³-hybridized carbons (Fsp3) is 0.923. The van der Waals surface area contributed by atoms with Gasteiger partial charge in [0.15, 0.2) is 0 Å². The summed E-state index contributed by atoms with van der Waals surface area (Å²) in [6.45, 7) is 4.05. The summed E-state index contributed by atoms with van der Waals surface area (Å²) in [5.74, 6) is 2.57. The quantitative estimate of drug-likeness (QED) is 0.777. The highest BCUT2D eigenvalue weighted by Gasteiger charge is 2.31. The lowest BCUT2D eigenvalue weighted by Crippen LogP contribution is -2.44. The molecule has 0 unspecified atom stereocenters. The molecule has 0 spiro atoms. The summed E-state index contributed by atoms with van der Waals surface area (Å²) >= 11 is 2.01. The summed E-state index contributed by atoms with van der Waals surface area (Å²) < 4.78 is 0. The second-order valence-electron chi connectivity index (χ2n) is 5.55. The van der Waals surface area contributed by atoms with Gasteiger partial charge >= 0.3 is 0 Å². The molecule has 0 aromatic rings. The second-order valence-corrected chi connectivity index (χ2v) is 6.77. The highest BCUT2D eigenvalue weighted by Crippen LogP contribution is 2.29. The van der Waals surface area contributed by atoms with Gasteiger partial charge in [0.1, 0.15) is 0 Å². The first-order valence-corrected chi connectivity index (χ1v) is 8.19. The predicted octanol–water partition coefficient (Wildman–Crippen LogP) is 0.813. The van der Waals surface area contributed by atoms with E-state index in [9.17, 15) is 4.79 Å². The zero-order valence-electron chi connectivity index (χ0n) is 11.1. The van der Waals surface area contributed by atoms with Crippen LogP contribution in [-0.4, -0.2) is 54.0 Å². The Morgan fingerprint density at radius 3 is 2.61 bits per heavy atom. The Balaban J connectivity index is 1.59. The summed E-state index contributed by atoms with van der Waals surface area (Å²) in [4.78, 5) is 14.3. The molecule has 1 aliphatic carbocycles. The molecule has 0 bridgehead atoms. The second kappa shape index (κ2) is 6.78. The van der Waals surface area contributed by atoms with E-state index in [0.29, 0.717) is 6.42 Å². The Kier molecular flexibility index (Phi) is 5.33. The normalized spacial score (nSPS) is 24.1. The van der Waals surface area contributed by atoms with Crippen molar-refractivity contribution in [2.45, 2.75) is 37.6 Å². The van der Waals surface area contributed by atoms with Crippen LogP contribution >= 0.6 is 11.8 Å². The van der Waals surface area contributed by atoms with Gasteiger partial charge in [-0.3, -0.25) is 9.69 Å². The third kappa shape index (κ3) is 4.44. The summed E-state index contributed by atoms with van der Waals surface area (Å²) in [5.41, 5.74) is 5.98. The summed E-state index contributed by atoms with van der Waals surface area (Å²) in [5, 5.41) is 3.01. The zero-order valence-corrected chi connectivity index (χ0v) is 11.9. The molecule has 1 aliphatic heterocycles. The summed E-state index contributed by atoms with van der Waals surface area (Å²) in [7, 11) is 0. The summed E-state index contributed by atoms with van der Waals surface area (Å²) in [6, 6.07) is 0. The molecular formula is C13H25N3OS. The molecule has 1 amide bonds. The smallest absolute Gasteiger partial charge is 0.221 e. The van der Waals surface area contributed by atoms with E-state index in [1.54, 1.807) is 0 Å². The first kappa shape index (κ1) is 14.2. The molecule has 0 atom stereocenters. The van der Waals surface area contributed by atoms with E-state index < -0.39 is 0 Å². The zero-order chi connectivity index (χ0) is 12.8. The van der Waals surface area contributed by atoms with Crippen molar-refractivity contribution in [3.05, 3.63) is 0 Å². The number of nitrogens with zero attached hydrogens (tertiary/aromatic N) is 1.